The summed E-state index contributed by atoms with van der Waals surface area (Å²) >= 11 is 0. The van der Waals surface area contributed by atoms with E-state index >= 15 is 0 Å². The van der Waals surface area contributed by atoms with E-state index in [9.17, 15) is 8.42 Å². The van der Waals surface area contributed by atoms with Gasteiger partial charge in [-0.1, -0.05) is 11.2 Å². The Balaban J connectivity index is 2.32. The van der Waals surface area contributed by atoms with E-state index in [1.807, 2.05) is 26.8 Å². The van der Waals surface area contributed by atoms with Crippen molar-refractivity contribution in [3.63, 3.8) is 0 Å². The van der Waals surface area contributed by atoms with Crippen LogP contribution in [0.2, 0.25) is 0 Å². The van der Waals surface area contributed by atoms with E-state index < -0.39 is 10.0 Å². The van der Waals surface area contributed by atoms with Crippen LogP contribution in [-0.4, -0.2) is 24.9 Å². The summed E-state index contributed by atoms with van der Waals surface area (Å²) < 4.78 is 31.6. The van der Waals surface area contributed by atoms with Gasteiger partial charge < -0.3 is 4.52 Å². The normalized spacial score (nSPS) is 12.1. The molecule has 2 rings (SSSR count). The summed E-state index contributed by atoms with van der Waals surface area (Å²) in [5.74, 6) is 0.648. The molecule has 0 atom stereocenters. The summed E-state index contributed by atoms with van der Waals surface area (Å²) in [6, 6.07) is 5.17. The molecule has 0 aliphatic carbocycles. The SMILES string of the molecule is Cc1ccc(S(=O)(=O)N(C)Cc2c(C)noc2C)cc1C. The van der Waals surface area contributed by atoms with Crippen LogP contribution in [0.15, 0.2) is 27.6 Å². The fourth-order valence-corrected chi connectivity index (χ4v) is 3.31. The van der Waals surface area contributed by atoms with E-state index in [0.29, 0.717) is 10.7 Å². The maximum absolute atomic E-state index is 12.6. The molecule has 0 aliphatic rings. The standard InChI is InChI=1S/C15H20N2O3S/c1-10-6-7-14(8-11(10)2)21(18,19)17(5)9-15-12(3)16-20-13(15)4/h6-8H,9H2,1-5H3. The summed E-state index contributed by atoms with van der Waals surface area (Å²) in [6.07, 6.45) is 0. The number of aryl methyl sites for hydroxylation is 4. The first-order valence-corrected chi connectivity index (χ1v) is 8.13. The summed E-state index contributed by atoms with van der Waals surface area (Å²) in [7, 11) is -1.96. The van der Waals surface area contributed by atoms with Gasteiger partial charge in [-0.25, -0.2) is 8.42 Å². The second-order valence-corrected chi connectivity index (χ2v) is 7.35. The van der Waals surface area contributed by atoms with Gasteiger partial charge in [-0.05, 0) is 51.0 Å². The third-order valence-electron chi connectivity index (χ3n) is 3.75. The van der Waals surface area contributed by atoms with E-state index in [-0.39, 0.29) is 6.54 Å². The smallest absolute Gasteiger partial charge is 0.243 e. The van der Waals surface area contributed by atoms with Gasteiger partial charge in [-0.3, -0.25) is 0 Å². The van der Waals surface area contributed by atoms with Crippen molar-refractivity contribution < 1.29 is 12.9 Å². The Morgan fingerprint density at radius 1 is 1.14 bits per heavy atom. The molecule has 0 aliphatic heterocycles. The second kappa shape index (κ2) is 5.61. The summed E-state index contributed by atoms with van der Waals surface area (Å²) in [6.45, 7) is 7.70. The van der Waals surface area contributed by atoms with Gasteiger partial charge in [-0.15, -0.1) is 0 Å². The number of rotatable bonds is 4. The van der Waals surface area contributed by atoms with E-state index in [2.05, 4.69) is 5.16 Å². The Hall–Kier alpha value is -1.66. The van der Waals surface area contributed by atoms with Crippen LogP contribution in [0.25, 0.3) is 0 Å². The molecule has 21 heavy (non-hydrogen) atoms. The zero-order valence-corrected chi connectivity index (χ0v) is 13.8. The predicted octanol–water partition coefficient (Wildman–Crippen LogP) is 2.73. The van der Waals surface area contributed by atoms with Crippen LogP contribution in [-0.2, 0) is 16.6 Å². The van der Waals surface area contributed by atoms with Crippen LogP contribution < -0.4 is 0 Å². The van der Waals surface area contributed by atoms with Crippen molar-refractivity contribution in [3.8, 4) is 0 Å². The van der Waals surface area contributed by atoms with Crippen LogP contribution >= 0.6 is 0 Å². The molecule has 0 spiro atoms. The van der Waals surface area contributed by atoms with Gasteiger partial charge in [0, 0.05) is 19.2 Å². The lowest BCUT2D eigenvalue weighted by molar-refractivity contribution is 0.390. The molecule has 0 amide bonds. The first-order chi connectivity index (χ1) is 9.73. The first kappa shape index (κ1) is 15.7. The highest BCUT2D eigenvalue weighted by Crippen LogP contribution is 2.21. The van der Waals surface area contributed by atoms with Gasteiger partial charge in [-0.2, -0.15) is 4.31 Å². The largest absolute Gasteiger partial charge is 0.361 e. The minimum absolute atomic E-state index is 0.246. The van der Waals surface area contributed by atoms with E-state index in [4.69, 9.17) is 4.52 Å². The number of benzene rings is 1. The van der Waals surface area contributed by atoms with Crippen molar-refractivity contribution in [1.82, 2.24) is 9.46 Å². The summed E-state index contributed by atoms with van der Waals surface area (Å²) in [4.78, 5) is 0.305. The molecule has 0 unspecified atom stereocenters. The second-order valence-electron chi connectivity index (χ2n) is 5.31. The molecule has 2 aromatic rings. The van der Waals surface area contributed by atoms with Crippen molar-refractivity contribution in [3.05, 3.63) is 46.3 Å². The van der Waals surface area contributed by atoms with Gasteiger partial charge in [0.15, 0.2) is 0 Å². The Morgan fingerprint density at radius 2 is 1.81 bits per heavy atom. The molecule has 1 aromatic carbocycles. The van der Waals surface area contributed by atoms with Gasteiger partial charge in [0.2, 0.25) is 10.0 Å². The lowest BCUT2D eigenvalue weighted by atomic mass is 10.1. The molecule has 0 N–H and O–H groups in total. The fraction of sp³-hybridized carbons (Fsp3) is 0.400. The minimum Gasteiger partial charge on any atom is -0.361 e. The first-order valence-electron chi connectivity index (χ1n) is 6.69. The number of hydrogen-bond acceptors (Lipinski definition) is 4. The van der Waals surface area contributed by atoms with E-state index in [1.165, 1.54) is 4.31 Å². The summed E-state index contributed by atoms with van der Waals surface area (Å²) in [5.41, 5.74) is 3.56. The molecule has 5 nitrogen and oxygen atoms in total. The monoisotopic (exact) mass is 308 g/mol. The molecule has 0 radical (unpaired) electrons. The highest BCUT2D eigenvalue weighted by atomic mass is 32.2. The Labute approximate surface area is 125 Å². The van der Waals surface area contributed by atoms with Crippen molar-refractivity contribution in [2.45, 2.75) is 39.1 Å². The number of sulfonamides is 1. The van der Waals surface area contributed by atoms with Crippen molar-refractivity contribution >= 4 is 10.0 Å². The Kier molecular flexibility index (Phi) is 4.20. The highest BCUT2D eigenvalue weighted by molar-refractivity contribution is 7.89. The Morgan fingerprint density at radius 3 is 2.33 bits per heavy atom. The number of nitrogens with zero attached hydrogens (tertiary/aromatic N) is 2. The van der Waals surface area contributed by atoms with Crippen LogP contribution in [0, 0.1) is 27.7 Å². The van der Waals surface area contributed by atoms with Gasteiger partial charge in [0.05, 0.1) is 10.6 Å². The maximum atomic E-state index is 12.6. The highest BCUT2D eigenvalue weighted by Gasteiger charge is 2.23. The van der Waals surface area contributed by atoms with Gasteiger partial charge >= 0.3 is 0 Å². The minimum atomic E-state index is -3.52. The third kappa shape index (κ3) is 3.01. The molecule has 0 saturated carbocycles. The van der Waals surface area contributed by atoms with Crippen molar-refractivity contribution in [2.24, 2.45) is 0 Å². The average molecular weight is 308 g/mol. The lowest BCUT2D eigenvalue weighted by Gasteiger charge is -2.17. The lowest BCUT2D eigenvalue weighted by Crippen LogP contribution is -2.27. The quantitative estimate of drug-likeness (QED) is 0.871. The van der Waals surface area contributed by atoms with Crippen molar-refractivity contribution in [2.75, 3.05) is 7.05 Å². The molecule has 1 aromatic heterocycles. The zero-order valence-electron chi connectivity index (χ0n) is 13.0. The molecule has 0 fully saturated rings. The molecule has 0 saturated heterocycles. The molecule has 0 bridgehead atoms. The summed E-state index contributed by atoms with van der Waals surface area (Å²) in [5, 5.41) is 3.85. The number of aromatic nitrogens is 1. The van der Waals surface area contributed by atoms with Gasteiger partial charge in [0.25, 0.3) is 0 Å². The van der Waals surface area contributed by atoms with E-state index in [0.717, 1.165) is 22.4 Å². The number of hydrogen-bond donors (Lipinski definition) is 0. The molecule has 114 valence electrons. The predicted molar refractivity (Wildman–Crippen MR) is 80.5 cm³/mol. The van der Waals surface area contributed by atoms with Gasteiger partial charge in [0.1, 0.15) is 5.76 Å². The fourth-order valence-electron chi connectivity index (χ4n) is 2.09. The topological polar surface area (TPSA) is 63.4 Å². The Bertz CT molecular complexity index is 744. The third-order valence-corrected chi connectivity index (χ3v) is 5.55. The van der Waals surface area contributed by atoms with E-state index in [1.54, 1.807) is 26.1 Å². The van der Waals surface area contributed by atoms with Crippen molar-refractivity contribution in [1.29, 1.82) is 0 Å². The van der Waals surface area contributed by atoms with Crippen LogP contribution in [0.5, 0.6) is 0 Å². The van der Waals surface area contributed by atoms with Crippen LogP contribution in [0.3, 0.4) is 0 Å². The molecule has 1 heterocycles. The molecule has 6 heteroatoms. The van der Waals surface area contributed by atoms with Crippen LogP contribution in [0.4, 0.5) is 0 Å². The molecular weight excluding hydrogens is 288 g/mol. The van der Waals surface area contributed by atoms with Crippen LogP contribution in [0.1, 0.15) is 28.1 Å². The zero-order chi connectivity index (χ0) is 15.8. The maximum Gasteiger partial charge on any atom is 0.243 e. The molecular formula is C15H20N2O3S. The average Bonchev–Trinajstić information content (AvgIpc) is 2.73.